The number of nitrogens with zero attached hydrogens (tertiary/aromatic N) is 4. The molecule has 58 heavy (non-hydrogen) atoms. The number of fused-ring (bicyclic) bond motifs is 9. The van der Waals surface area contributed by atoms with Gasteiger partial charge >= 0.3 is 0 Å². The maximum absolute atomic E-state index is 7.10. The van der Waals surface area contributed by atoms with Gasteiger partial charge in [-0.15, -0.1) is 11.3 Å². The lowest BCUT2D eigenvalue weighted by Gasteiger charge is -2.12. The van der Waals surface area contributed by atoms with Crippen molar-refractivity contribution in [3.8, 4) is 16.8 Å². The third kappa shape index (κ3) is 5.45. The van der Waals surface area contributed by atoms with E-state index in [0.29, 0.717) is 11.8 Å². The first kappa shape index (κ1) is 34.0. The van der Waals surface area contributed by atoms with Gasteiger partial charge in [-0.3, -0.25) is 9.56 Å². The molecule has 5 nitrogen and oxygen atoms in total. The largest absolute Gasteiger partial charge is 0.369 e. The van der Waals surface area contributed by atoms with Crippen molar-refractivity contribution in [3.05, 3.63) is 199 Å². The minimum Gasteiger partial charge on any atom is -0.369 e. The van der Waals surface area contributed by atoms with Crippen LogP contribution in [0.3, 0.4) is 0 Å². The summed E-state index contributed by atoms with van der Waals surface area (Å²) in [6.45, 7) is 2.09. The molecule has 0 fully saturated rings. The van der Waals surface area contributed by atoms with E-state index in [1.165, 1.54) is 47.7 Å². The Labute approximate surface area is 339 Å². The van der Waals surface area contributed by atoms with Gasteiger partial charge in [0, 0.05) is 42.6 Å². The van der Waals surface area contributed by atoms with Crippen molar-refractivity contribution in [2.45, 2.75) is 13.0 Å². The van der Waals surface area contributed by atoms with Gasteiger partial charge in [0.15, 0.2) is 5.84 Å². The van der Waals surface area contributed by atoms with E-state index >= 15 is 0 Å². The molecule has 0 saturated carbocycles. The Balaban J connectivity index is 1.09. The van der Waals surface area contributed by atoms with Crippen molar-refractivity contribution < 1.29 is 0 Å². The number of aliphatic imine (C=N–C) groups is 2. The number of hydrogen-bond acceptors (Lipinski definition) is 2. The lowest BCUT2D eigenvalue weighted by molar-refractivity contribution is 0.818. The summed E-state index contributed by atoms with van der Waals surface area (Å²) >= 11 is 1.86. The normalized spacial score (nSPS) is 13.1. The molecule has 6 heteroatoms. The molecule has 0 aliphatic heterocycles. The van der Waals surface area contributed by atoms with Crippen LogP contribution in [0.1, 0.15) is 24.1 Å². The molecule has 8 aromatic carbocycles. The maximum Gasteiger partial charge on any atom is 0.207 e. The lowest BCUT2D eigenvalue weighted by Crippen LogP contribution is -2.24. The van der Waals surface area contributed by atoms with Crippen molar-refractivity contribution >= 4 is 86.9 Å². The van der Waals surface area contributed by atoms with Crippen molar-refractivity contribution in [2.24, 2.45) is 15.7 Å². The molecule has 11 aromatic rings. The molecule has 3 aromatic heterocycles. The summed E-state index contributed by atoms with van der Waals surface area (Å²) in [5.41, 5.74) is 17.0. The number of amidine groups is 1. The second kappa shape index (κ2) is 13.7. The predicted octanol–water partition coefficient (Wildman–Crippen LogP) is 13.3. The van der Waals surface area contributed by atoms with Crippen molar-refractivity contribution in [1.29, 1.82) is 0 Å². The highest BCUT2D eigenvalue weighted by atomic mass is 32.1. The number of rotatable bonds is 5. The number of benzene rings is 8. The van der Waals surface area contributed by atoms with Gasteiger partial charge in [0.1, 0.15) is 0 Å². The Morgan fingerprint density at radius 1 is 0.552 bits per heavy atom. The fraction of sp³-hybridized carbons (Fsp3) is 0.0385. The summed E-state index contributed by atoms with van der Waals surface area (Å²) in [6, 6.07) is 66.3. The summed E-state index contributed by atoms with van der Waals surface area (Å²) in [7, 11) is 0. The van der Waals surface area contributed by atoms with Gasteiger partial charge in [0.2, 0.25) is 5.96 Å². The zero-order chi connectivity index (χ0) is 38.7. The van der Waals surface area contributed by atoms with E-state index in [1.807, 2.05) is 59.9 Å². The van der Waals surface area contributed by atoms with Crippen LogP contribution in [-0.4, -0.2) is 20.9 Å². The molecule has 0 aliphatic rings. The zero-order valence-electron chi connectivity index (χ0n) is 31.7. The average molecular weight is 764 g/mol. The molecule has 0 aliphatic carbocycles. The topological polar surface area (TPSA) is 60.6 Å². The van der Waals surface area contributed by atoms with Gasteiger partial charge in [-0.1, -0.05) is 146 Å². The second-order valence-corrected chi connectivity index (χ2v) is 15.8. The third-order valence-corrected chi connectivity index (χ3v) is 12.6. The van der Waals surface area contributed by atoms with Crippen molar-refractivity contribution in [2.75, 3.05) is 0 Å². The third-order valence-electron chi connectivity index (χ3n) is 11.4. The number of thiophene rings is 1. The smallest absolute Gasteiger partial charge is 0.207 e. The molecular weight excluding hydrogens is 727 g/mol. The van der Waals surface area contributed by atoms with Crippen LogP contribution < -0.4 is 5.73 Å². The van der Waals surface area contributed by atoms with E-state index < -0.39 is 0 Å². The zero-order valence-corrected chi connectivity index (χ0v) is 32.6. The summed E-state index contributed by atoms with van der Waals surface area (Å²) in [6.07, 6.45) is 0. The Morgan fingerprint density at radius 2 is 1.19 bits per heavy atom. The first-order valence-electron chi connectivity index (χ1n) is 19.6. The molecule has 0 spiro atoms. The van der Waals surface area contributed by atoms with Crippen LogP contribution in [0.25, 0.3) is 80.6 Å². The number of aromatic nitrogens is 2. The highest BCUT2D eigenvalue weighted by Crippen LogP contribution is 2.43. The summed E-state index contributed by atoms with van der Waals surface area (Å²) < 4.78 is 7.12. The minimum absolute atomic E-state index is 0.114. The molecule has 1 unspecified atom stereocenters. The Bertz CT molecular complexity index is 3420. The molecule has 3 heterocycles. The molecule has 11 rings (SSSR count). The lowest BCUT2D eigenvalue weighted by atomic mass is 9.98. The van der Waals surface area contributed by atoms with Crippen molar-refractivity contribution in [3.63, 3.8) is 0 Å². The first-order chi connectivity index (χ1) is 28.6. The average Bonchev–Trinajstić information content (AvgIpc) is 3.94. The number of para-hydroxylation sites is 2. The Hall–Kier alpha value is -7.28. The van der Waals surface area contributed by atoms with E-state index in [0.717, 1.165) is 44.1 Å². The Kier molecular flexibility index (Phi) is 8.05. The standard InChI is InChI=1S/C52H37N5S/c1-33(34-16-4-2-5-17-34)54-51(35-18-6-3-7-19-35)55-52(53)57-44-26-12-9-22-41(44)49-37(23-14-27-46(49)57)36-30-31-45-42(32-36)38-20-8-11-25-43(38)56(45)47-28-15-24-40-39-21-10-13-29-48(39)58-50(40)47/h2-33H,1H3,(H2,53,54,55). The summed E-state index contributed by atoms with van der Waals surface area (Å²) in [4.78, 5) is 10.2. The summed E-state index contributed by atoms with van der Waals surface area (Å²) in [5, 5.41) is 7.27. The van der Waals surface area contributed by atoms with Crippen molar-refractivity contribution in [1.82, 2.24) is 9.13 Å². The van der Waals surface area contributed by atoms with Gasteiger partial charge < -0.3 is 10.3 Å². The Morgan fingerprint density at radius 3 is 2.02 bits per heavy atom. The monoisotopic (exact) mass is 763 g/mol. The van der Waals surface area contributed by atoms with Gasteiger partial charge in [-0.2, -0.15) is 4.99 Å². The van der Waals surface area contributed by atoms with E-state index in [9.17, 15) is 0 Å². The molecule has 1 atom stereocenters. The van der Waals surface area contributed by atoms with Crippen LogP contribution in [0, 0.1) is 0 Å². The maximum atomic E-state index is 7.10. The van der Waals surface area contributed by atoms with Crippen LogP contribution in [-0.2, 0) is 0 Å². The van der Waals surface area contributed by atoms with Crippen LogP contribution in [0.4, 0.5) is 0 Å². The predicted molar refractivity (Wildman–Crippen MR) is 247 cm³/mol. The molecule has 0 saturated heterocycles. The molecule has 0 bridgehead atoms. The fourth-order valence-corrected chi connectivity index (χ4v) is 9.92. The van der Waals surface area contributed by atoms with Crippen LogP contribution >= 0.6 is 11.3 Å². The number of nitrogens with two attached hydrogens (primary N) is 1. The van der Waals surface area contributed by atoms with E-state index in [-0.39, 0.29) is 6.04 Å². The second-order valence-electron chi connectivity index (χ2n) is 14.8. The van der Waals surface area contributed by atoms with Gasteiger partial charge in [0.25, 0.3) is 0 Å². The molecule has 0 radical (unpaired) electrons. The molecular formula is C52H37N5S. The van der Waals surface area contributed by atoms with Gasteiger partial charge in [-0.05, 0) is 66.1 Å². The number of hydrogen-bond donors (Lipinski definition) is 1. The minimum atomic E-state index is -0.114. The van der Waals surface area contributed by atoms with Crippen LogP contribution in [0.5, 0.6) is 0 Å². The van der Waals surface area contributed by atoms with Gasteiger partial charge in [0.05, 0.1) is 38.5 Å². The summed E-state index contributed by atoms with van der Waals surface area (Å²) in [5.74, 6) is 0.949. The first-order valence-corrected chi connectivity index (χ1v) is 20.4. The SMILES string of the molecule is CC(N=C(N=C(N)n1c2ccccc2c2c(-c3ccc4c(c3)c3ccccc3n4-c3cccc4c3sc3ccccc34)cccc21)c1ccccc1)c1ccccc1. The fourth-order valence-electron chi connectivity index (χ4n) is 8.72. The quantitative estimate of drug-likeness (QED) is 0.138. The molecule has 2 N–H and O–H groups in total. The highest BCUT2D eigenvalue weighted by molar-refractivity contribution is 7.26. The van der Waals surface area contributed by atoms with Crippen LogP contribution in [0.15, 0.2) is 198 Å². The molecule has 276 valence electrons. The van der Waals surface area contributed by atoms with Gasteiger partial charge in [-0.25, -0.2) is 0 Å². The van der Waals surface area contributed by atoms with Crippen LogP contribution in [0.2, 0.25) is 0 Å². The van der Waals surface area contributed by atoms with E-state index in [2.05, 4.69) is 156 Å². The van der Waals surface area contributed by atoms with E-state index in [4.69, 9.17) is 15.7 Å². The molecule has 0 amide bonds. The van der Waals surface area contributed by atoms with E-state index in [1.54, 1.807) is 0 Å². The highest BCUT2D eigenvalue weighted by Gasteiger charge is 2.20.